The number of H-pyrrole nitrogens is 1. The van der Waals surface area contributed by atoms with Crippen LogP contribution in [0, 0.1) is 0 Å². The summed E-state index contributed by atoms with van der Waals surface area (Å²) < 4.78 is 13.2. The largest absolute Gasteiger partial charge is 0.354 e. The fraction of sp³-hybridized carbons (Fsp3) is 0.125. The first-order chi connectivity index (χ1) is 9.38. The van der Waals surface area contributed by atoms with E-state index in [0.29, 0.717) is 0 Å². The van der Waals surface area contributed by atoms with Gasteiger partial charge in [-0.2, -0.15) is 0 Å². The first-order valence-electron chi connectivity index (χ1n) is 6.29. The average molecular weight is 269 g/mol. The molecule has 0 saturated heterocycles. The second-order valence-electron chi connectivity index (χ2n) is 4.74. The molecule has 3 heteroatoms. The van der Waals surface area contributed by atoms with E-state index in [-0.39, 0.29) is 0 Å². The lowest BCUT2D eigenvalue weighted by Crippen LogP contribution is -1.98. The average Bonchev–Trinajstić information content (AvgIpc) is 2.85. The molecule has 0 amide bonds. The molecule has 0 atom stereocenters. The van der Waals surface area contributed by atoms with Crippen LogP contribution in [0.5, 0.6) is 0 Å². The van der Waals surface area contributed by atoms with Crippen LogP contribution in [-0.4, -0.2) is 4.98 Å². The van der Waals surface area contributed by atoms with Crippen molar-refractivity contribution in [2.75, 3.05) is 0 Å². The van der Waals surface area contributed by atoms with Gasteiger partial charge in [-0.1, -0.05) is 30.3 Å². The molecule has 1 aliphatic heterocycles. The van der Waals surface area contributed by atoms with Crippen LogP contribution in [-0.2, 0) is 12.4 Å². The molecule has 4 rings (SSSR count). The second kappa shape index (κ2) is 4.14. The van der Waals surface area contributed by atoms with E-state index in [2.05, 4.69) is 29.2 Å². The lowest BCUT2D eigenvalue weighted by molar-refractivity contribution is 0.485. The predicted octanol–water partition coefficient (Wildman–Crippen LogP) is 4.91. The number of thioether (sulfide) groups is 1. The summed E-state index contributed by atoms with van der Waals surface area (Å²) in [6, 6.07) is 14.2. The molecule has 19 heavy (non-hydrogen) atoms. The van der Waals surface area contributed by atoms with E-state index in [1.807, 2.05) is 18.2 Å². The Hall–Kier alpha value is -1.74. The van der Waals surface area contributed by atoms with Gasteiger partial charge < -0.3 is 4.98 Å². The summed E-state index contributed by atoms with van der Waals surface area (Å²) in [4.78, 5) is 4.64. The van der Waals surface area contributed by atoms with Crippen molar-refractivity contribution >= 4 is 22.7 Å². The first kappa shape index (κ1) is 11.1. The van der Waals surface area contributed by atoms with Crippen LogP contribution in [0.15, 0.2) is 47.4 Å². The number of benzene rings is 2. The Morgan fingerprint density at radius 1 is 1.11 bits per heavy atom. The molecular formula is C16H12FNS. The molecule has 0 saturated carbocycles. The van der Waals surface area contributed by atoms with Crippen molar-refractivity contribution in [2.45, 2.75) is 17.3 Å². The Kier molecular flexibility index (Phi) is 2.42. The molecule has 0 aliphatic carbocycles. The highest BCUT2D eigenvalue weighted by molar-refractivity contribution is 7.98. The standard InChI is InChI=1S/C16H12FNS/c17-8-10-4-3-7-14-15(10)16-12(9-19-14)11-5-1-2-6-13(11)18-16/h1-7,18H,8-9H2. The smallest absolute Gasteiger partial charge is 0.115 e. The zero-order valence-corrected chi connectivity index (χ0v) is 11.1. The van der Waals surface area contributed by atoms with Gasteiger partial charge in [-0.25, -0.2) is 4.39 Å². The number of nitrogens with one attached hydrogen (secondary N) is 1. The van der Waals surface area contributed by atoms with Crippen molar-refractivity contribution < 1.29 is 4.39 Å². The van der Waals surface area contributed by atoms with E-state index in [4.69, 9.17) is 0 Å². The lowest BCUT2D eigenvalue weighted by atomic mass is 10.0. The molecule has 1 aliphatic rings. The zero-order valence-electron chi connectivity index (χ0n) is 10.2. The Morgan fingerprint density at radius 3 is 2.89 bits per heavy atom. The van der Waals surface area contributed by atoms with Crippen molar-refractivity contribution in [3.63, 3.8) is 0 Å². The summed E-state index contributed by atoms with van der Waals surface area (Å²) in [7, 11) is 0. The lowest BCUT2D eigenvalue weighted by Gasteiger charge is -2.18. The van der Waals surface area contributed by atoms with Gasteiger partial charge in [-0.05, 0) is 23.3 Å². The normalized spacial score (nSPS) is 13.3. The van der Waals surface area contributed by atoms with E-state index < -0.39 is 6.67 Å². The number of fused-ring (bicyclic) bond motifs is 5. The van der Waals surface area contributed by atoms with Gasteiger partial charge >= 0.3 is 0 Å². The summed E-state index contributed by atoms with van der Waals surface area (Å²) in [5.74, 6) is 0.947. The number of alkyl halides is 1. The van der Waals surface area contributed by atoms with E-state index >= 15 is 0 Å². The first-order valence-corrected chi connectivity index (χ1v) is 7.27. The Morgan fingerprint density at radius 2 is 2.00 bits per heavy atom. The van der Waals surface area contributed by atoms with Gasteiger partial charge in [0.25, 0.3) is 0 Å². The molecule has 0 bridgehead atoms. The van der Waals surface area contributed by atoms with Gasteiger partial charge in [0.2, 0.25) is 0 Å². The number of aromatic amines is 1. The molecule has 1 N–H and O–H groups in total. The van der Waals surface area contributed by atoms with Gasteiger partial charge in [0.1, 0.15) is 6.67 Å². The van der Waals surface area contributed by atoms with Gasteiger partial charge in [0.15, 0.2) is 0 Å². The van der Waals surface area contributed by atoms with Crippen molar-refractivity contribution in [3.05, 3.63) is 53.6 Å². The molecule has 3 aromatic rings. The molecule has 0 radical (unpaired) electrons. The minimum Gasteiger partial charge on any atom is -0.354 e. The quantitative estimate of drug-likeness (QED) is 0.663. The molecule has 0 unspecified atom stereocenters. The number of hydrogen-bond acceptors (Lipinski definition) is 1. The third-order valence-electron chi connectivity index (χ3n) is 3.69. The van der Waals surface area contributed by atoms with E-state index in [1.165, 1.54) is 15.8 Å². The van der Waals surface area contributed by atoms with Gasteiger partial charge in [0.05, 0.1) is 5.69 Å². The fourth-order valence-corrected chi connectivity index (χ4v) is 3.96. The third kappa shape index (κ3) is 1.55. The SMILES string of the molecule is FCc1cccc2c1-c1[nH]c3ccccc3c1CS2. The molecule has 1 nitrogen and oxygen atoms in total. The fourth-order valence-electron chi connectivity index (χ4n) is 2.81. The Bertz CT molecular complexity index is 761. The number of hydrogen-bond donors (Lipinski definition) is 1. The number of rotatable bonds is 1. The zero-order chi connectivity index (χ0) is 12.8. The highest BCUT2D eigenvalue weighted by Gasteiger charge is 2.23. The van der Waals surface area contributed by atoms with Crippen LogP contribution in [0.1, 0.15) is 11.1 Å². The summed E-state index contributed by atoms with van der Waals surface area (Å²) in [6.07, 6.45) is 0. The minimum atomic E-state index is -0.418. The van der Waals surface area contributed by atoms with Crippen molar-refractivity contribution in [1.29, 1.82) is 0 Å². The van der Waals surface area contributed by atoms with Crippen LogP contribution in [0.3, 0.4) is 0 Å². The van der Waals surface area contributed by atoms with Crippen LogP contribution in [0.4, 0.5) is 4.39 Å². The van der Waals surface area contributed by atoms with E-state index in [0.717, 1.165) is 28.1 Å². The van der Waals surface area contributed by atoms with Crippen molar-refractivity contribution in [1.82, 2.24) is 4.98 Å². The molecule has 2 aromatic carbocycles. The maximum absolute atomic E-state index is 13.2. The van der Waals surface area contributed by atoms with E-state index in [9.17, 15) is 4.39 Å². The number of aromatic nitrogens is 1. The molecule has 94 valence electrons. The highest BCUT2D eigenvalue weighted by atomic mass is 32.2. The van der Waals surface area contributed by atoms with Crippen LogP contribution in [0.2, 0.25) is 0 Å². The topological polar surface area (TPSA) is 15.8 Å². The summed E-state index contributed by atoms with van der Waals surface area (Å²) in [5, 5.41) is 1.25. The summed E-state index contributed by atoms with van der Waals surface area (Å²) in [5.41, 5.74) is 5.36. The molecule has 0 spiro atoms. The van der Waals surface area contributed by atoms with Crippen LogP contribution in [0.25, 0.3) is 22.2 Å². The monoisotopic (exact) mass is 269 g/mol. The number of halogens is 1. The minimum absolute atomic E-state index is 0.418. The van der Waals surface area contributed by atoms with Crippen LogP contribution >= 0.6 is 11.8 Å². The van der Waals surface area contributed by atoms with Gasteiger partial charge in [-0.3, -0.25) is 0 Å². The molecule has 2 heterocycles. The molecule has 0 fully saturated rings. The van der Waals surface area contributed by atoms with Crippen molar-refractivity contribution in [2.24, 2.45) is 0 Å². The molecule has 1 aromatic heterocycles. The van der Waals surface area contributed by atoms with Gasteiger partial charge in [-0.15, -0.1) is 11.8 Å². The molecular weight excluding hydrogens is 257 g/mol. The van der Waals surface area contributed by atoms with E-state index in [1.54, 1.807) is 11.8 Å². The van der Waals surface area contributed by atoms with Crippen LogP contribution < -0.4 is 0 Å². The maximum atomic E-state index is 13.2. The Balaban J connectivity index is 2.09. The van der Waals surface area contributed by atoms with Gasteiger partial charge in [0, 0.05) is 27.1 Å². The van der Waals surface area contributed by atoms with Crippen molar-refractivity contribution in [3.8, 4) is 11.3 Å². The number of para-hydroxylation sites is 1. The predicted molar refractivity (Wildman–Crippen MR) is 78.1 cm³/mol. The highest BCUT2D eigenvalue weighted by Crippen LogP contribution is 2.45. The summed E-state index contributed by atoms with van der Waals surface area (Å²) in [6.45, 7) is -0.418. The Labute approximate surface area is 114 Å². The third-order valence-corrected chi connectivity index (χ3v) is 4.78. The maximum Gasteiger partial charge on any atom is 0.115 e. The summed E-state index contributed by atoms with van der Waals surface area (Å²) >= 11 is 1.79. The second-order valence-corrected chi connectivity index (χ2v) is 5.75.